The molecule has 0 heterocycles. The third-order valence-corrected chi connectivity index (χ3v) is 5.46. The number of hydrogen-bond acceptors (Lipinski definition) is 4. The van der Waals surface area contributed by atoms with E-state index in [4.69, 9.17) is 5.11 Å². The molecule has 0 aliphatic rings. The lowest BCUT2D eigenvalue weighted by atomic mass is 10.1. The van der Waals surface area contributed by atoms with E-state index in [-0.39, 0.29) is 22.3 Å². The number of carboxylic acid groups (broad SMARTS) is 1. The van der Waals surface area contributed by atoms with Crippen LogP contribution in [-0.2, 0) is 21.2 Å². The van der Waals surface area contributed by atoms with Crippen LogP contribution in [0.5, 0.6) is 0 Å². The molecule has 0 aliphatic heterocycles. The highest BCUT2D eigenvalue weighted by Gasteiger charge is 2.20. The summed E-state index contributed by atoms with van der Waals surface area (Å²) in [5.41, 5.74) is 1.30. The summed E-state index contributed by atoms with van der Waals surface area (Å²) in [5.74, 6) is -1.07. The molecule has 0 saturated carbocycles. The summed E-state index contributed by atoms with van der Waals surface area (Å²) in [7, 11) is -3.96. The van der Waals surface area contributed by atoms with Crippen molar-refractivity contribution < 1.29 is 23.1 Å². The van der Waals surface area contributed by atoms with E-state index >= 15 is 0 Å². The average molecular weight is 404 g/mol. The first-order valence-corrected chi connectivity index (χ1v) is 10.4. The molecule has 0 aromatic heterocycles. The van der Waals surface area contributed by atoms with E-state index < -0.39 is 16.0 Å². The molecule has 2 aromatic rings. The number of carbonyl (C=O) groups is 2. The number of rotatable bonds is 8. The van der Waals surface area contributed by atoms with Crippen LogP contribution in [0.2, 0.25) is 0 Å². The molecule has 8 heteroatoms. The largest absolute Gasteiger partial charge is 0.478 e. The van der Waals surface area contributed by atoms with Gasteiger partial charge in [0, 0.05) is 17.8 Å². The number of hydrogen-bond donors (Lipinski definition) is 3. The Bertz CT molecular complexity index is 967. The van der Waals surface area contributed by atoms with Gasteiger partial charge in [0.25, 0.3) is 10.0 Å². The van der Waals surface area contributed by atoms with Gasteiger partial charge in [0.2, 0.25) is 5.91 Å². The van der Waals surface area contributed by atoms with Gasteiger partial charge in [0.15, 0.2) is 0 Å². The highest BCUT2D eigenvalue weighted by atomic mass is 32.2. The van der Waals surface area contributed by atoms with Crippen LogP contribution < -0.4 is 10.0 Å². The SMILES string of the molecule is CCc1ccc(C(=O)O)cc1S(=O)(=O)Nc1ccc(NC(=O)CC(C)C)cc1. The zero-order valence-corrected chi connectivity index (χ0v) is 16.8. The number of aryl methyl sites for hydroxylation is 1. The first kappa shape index (κ1) is 21.4. The lowest BCUT2D eigenvalue weighted by Crippen LogP contribution is -2.16. The summed E-state index contributed by atoms with van der Waals surface area (Å²) >= 11 is 0. The third-order valence-electron chi connectivity index (χ3n) is 4.00. The van der Waals surface area contributed by atoms with Gasteiger partial charge in [0.1, 0.15) is 0 Å². The molecule has 0 unspecified atom stereocenters. The summed E-state index contributed by atoms with van der Waals surface area (Å²) in [6, 6.07) is 10.3. The molecule has 0 atom stereocenters. The molecule has 0 aliphatic carbocycles. The van der Waals surface area contributed by atoms with Crippen LogP contribution in [0.3, 0.4) is 0 Å². The maximum absolute atomic E-state index is 12.8. The number of aromatic carboxylic acids is 1. The van der Waals surface area contributed by atoms with Crippen molar-refractivity contribution >= 4 is 33.3 Å². The van der Waals surface area contributed by atoms with E-state index in [1.807, 2.05) is 13.8 Å². The standard InChI is InChI=1S/C20H24N2O5S/c1-4-14-5-6-15(20(24)25)12-18(14)28(26,27)22-17-9-7-16(8-10-17)21-19(23)11-13(2)3/h5-10,12-13,22H,4,11H2,1-3H3,(H,21,23)(H,24,25). The molecule has 0 radical (unpaired) electrons. The number of sulfonamides is 1. The van der Waals surface area contributed by atoms with Crippen LogP contribution in [0.25, 0.3) is 0 Å². The van der Waals surface area contributed by atoms with Crippen molar-refractivity contribution in [2.75, 3.05) is 10.0 Å². The molecule has 150 valence electrons. The fraction of sp³-hybridized carbons (Fsp3) is 0.300. The van der Waals surface area contributed by atoms with Crippen LogP contribution in [0.4, 0.5) is 11.4 Å². The molecule has 0 fully saturated rings. The first-order valence-electron chi connectivity index (χ1n) is 8.91. The average Bonchev–Trinajstić information content (AvgIpc) is 2.61. The van der Waals surface area contributed by atoms with Gasteiger partial charge in [-0.05, 0) is 54.3 Å². The summed E-state index contributed by atoms with van der Waals surface area (Å²) in [5, 5.41) is 11.9. The van der Waals surface area contributed by atoms with Crippen molar-refractivity contribution in [3.8, 4) is 0 Å². The van der Waals surface area contributed by atoms with E-state index in [0.717, 1.165) is 6.07 Å². The summed E-state index contributed by atoms with van der Waals surface area (Å²) in [4.78, 5) is 22.9. The van der Waals surface area contributed by atoms with Gasteiger partial charge in [-0.15, -0.1) is 0 Å². The molecular formula is C20H24N2O5S. The Morgan fingerprint density at radius 3 is 2.18 bits per heavy atom. The Morgan fingerprint density at radius 2 is 1.64 bits per heavy atom. The smallest absolute Gasteiger partial charge is 0.335 e. The van der Waals surface area contributed by atoms with Crippen molar-refractivity contribution in [1.82, 2.24) is 0 Å². The van der Waals surface area contributed by atoms with Gasteiger partial charge in [-0.1, -0.05) is 26.8 Å². The van der Waals surface area contributed by atoms with Crippen LogP contribution in [0.1, 0.15) is 43.1 Å². The van der Waals surface area contributed by atoms with Crippen LogP contribution in [0, 0.1) is 5.92 Å². The first-order chi connectivity index (χ1) is 13.1. The molecule has 3 N–H and O–H groups in total. The summed E-state index contributed by atoms with van der Waals surface area (Å²) in [6.07, 6.45) is 0.838. The number of carbonyl (C=O) groups excluding carboxylic acids is 1. The molecule has 2 rings (SSSR count). The minimum Gasteiger partial charge on any atom is -0.478 e. The Kier molecular flexibility index (Phi) is 6.80. The minimum atomic E-state index is -3.96. The van der Waals surface area contributed by atoms with Gasteiger partial charge in [-0.25, -0.2) is 13.2 Å². The zero-order chi connectivity index (χ0) is 20.9. The van der Waals surface area contributed by atoms with Gasteiger partial charge < -0.3 is 10.4 Å². The van der Waals surface area contributed by atoms with Crippen LogP contribution in [0.15, 0.2) is 47.4 Å². The Balaban J connectivity index is 2.22. The summed E-state index contributed by atoms with van der Waals surface area (Å²) in [6.45, 7) is 5.69. The van der Waals surface area contributed by atoms with E-state index in [1.165, 1.54) is 24.3 Å². The van der Waals surface area contributed by atoms with Crippen molar-refractivity contribution in [2.45, 2.75) is 38.5 Å². The molecular weight excluding hydrogens is 380 g/mol. The van der Waals surface area contributed by atoms with E-state index in [9.17, 15) is 18.0 Å². The van der Waals surface area contributed by atoms with E-state index in [2.05, 4.69) is 10.0 Å². The van der Waals surface area contributed by atoms with Crippen molar-refractivity contribution in [3.63, 3.8) is 0 Å². The van der Waals surface area contributed by atoms with Gasteiger partial charge in [-0.2, -0.15) is 0 Å². The van der Waals surface area contributed by atoms with E-state index in [1.54, 1.807) is 19.1 Å². The molecule has 7 nitrogen and oxygen atoms in total. The Hall–Kier alpha value is -2.87. The van der Waals surface area contributed by atoms with Gasteiger partial charge in [-0.3, -0.25) is 9.52 Å². The number of benzene rings is 2. The highest BCUT2D eigenvalue weighted by Crippen LogP contribution is 2.23. The van der Waals surface area contributed by atoms with E-state index in [0.29, 0.717) is 29.8 Å². The van der Waals surface area contributed by atoms with Crippen molar-refractivity contribution in [2.24, 2.45) is 5.92 Å². The second-order valence-electron chi connectivity index (χ2n) is 6.81. The molecule has 0 saturated heterocycles. The predicted molar refractivity (Wildman–Crippen MR) is 108 cm³/mol. The number of carboxylic acids is 1. The van der Waals surface area contributed by atoms with Crippen molar-refractivity contribution in [1.29, 1.82) is 0 Å². The predicted octanol–water partition coefficient (Wildman–Crippen LogP) is 3.73. The quantitative estimate of drug-likeness (QED) is 0.620. The topological polar surface area (TPSA) is 113 Å². The van der Waals surface area contributed by atoms with Crippen LogP contribution in [-0.4, -0.2) is 25.4 Å². The molecule has 1 amide bonds. The lowest BCUT2D eigenvalue weighted by molar-refractivity contribution is -0.116. The molecule has 0 spiro atoms. The molecule has 28 heavy (non-hydrogen) atoms. The second-order valence-corrected chi connectivity index (χ2v) is 8.46. The highest BCUT2D eigenvalue weighted by molar-refractivity contribution is 7.92. The number of amides is 1. The van der Waals surface area contributed by atoms with Gasteiger partial charge in [0.05, 0.1) is 10.5 Å². The fourth-order valence-corrected chi connectivity index (χ4v) is 4.04. The monoisotopic (exact) mass is 404 g/mol. The second kappa shape index (κ2) is 8.88. The fourth-order valence-electron chi connectivity index (χ4n) is 2.64. The van der Waals surface area contributed by atoms with Crippen LogP contribution >= 0.6 is 0 Å². The Morgan fingerprint density at radius 1 is 1.04 bits per heavy atom. The zero-order valence-electron chi connectivity index (χ0n) is 16.0. The molecule has 0 bridgehead atoms. The number of anilines is 2. The third kappa shape index (κ3) is 5.56. The lowest BCUT2D eigenvalue weighted by Gasteiger charge is -2.13. The minimum absolute atomic E-state index is 0.0655. The van der Waals surface area contributed by atoms with Crippen molar-refractivity contribution in [3.05, 3.63) is 53.6 Å². The maximum atomic E-state index is 12.8. The van der Waals surface area contributed by atoms with Gasteiger partial charge >= 0.3 is 5.97 Å². The normalized spacial score (nSPS) is 11.3. The molecule has 2 aromatic carbocycles. The number of nitrogens with one attached hydrogen (secondary N) is 2. The Labute approximate surface area is 164 Å². The summed E-state index contributed by atoms with van der Waals surface area (Å²) < 4.78 is 28.0. The maximum Gasteiger partial charge on any atom is 0.335 e.